The predicted octanol–water partition coefficient (Wildman–Crippen LogP) is 3.42. The number of methoxy groups -OCH3 is 1. The fourth-order valence-corrected chi connectivity index (χ4v) is 3.90. The van der Waals surface area contributed by atoms with E-state index < -0.39 is 0 Å². The Hall–Kier alpha value is -0.120. The lowest BCUT2D eigenvalue weighted by Gasteiger charge is -2.51. The van der Waals surface area contributed by atoms with Crippen LogP contribution in [0, 0.1) is 5.92 Å². The van der Waals surface area contributed by atoms with Crippen LogP contribution in [0.2, 0.25) is 0 Å². The second-order valence-electron chi connectivity index (χ2n) is 6.90. The van der Waals surface area contributed by atoms with E-state index in [9.17, 15) is 0 Å². The first-order valence-corrected chi connectivity index (χ1v) is 8.52. The normalized spacial score (nSPS) is 27.8. The average Bonchev–Trinajstić information content (AvgIpc) is 2.47. The first-order chi connectivity index (χ1) is 9.52. The lowest BCUT2D eigenvalue weighted by Crippen LogP contribution is -2.61. The van der Waals surface area contributed by atoms with E-state index in [2.05, 4.69) is 32.6 Å². The minimum Gasteiger partial charge on any atom is -0.381 e. The van der Waals surface area contributed by atoms with Crippen molar-refractivity contribution in [2.45, 2.75) is 83.9 Å². The van der Waals surface area contributed by atoms with Gasteiger partial charge in [-0.25, -0.2) is 0 Å². The molecule has 1 aliphatic rings. The van der Waals surface area contributed by atoms with Gasteiger partial charge in [0.2, 0.25) is 0 Å². The molecule has 0 radical (unpaired) electrons. The predicted molar refractivity (Wildman–Crippen MR) is 87.0 cm³/mol. The molecule has 1 saturated carbocycles. The van der Waals surface area contributed by atoms with Crippen LogP contribution in [0.5, 0.6) is 0 Å². The molecule has 0 saturated heterocycles. The summed E-state index contributed by atoms with van der Waals surface area (Å²) in [5.41, 5.74) is 6.43. The Morgan fingerprint density at radius 2 is 1.95 bits per heavy atom. The van der Waals surface area contributed by atoms with Crippen LogP contribution in [0.25, 0.3) is 0 Å². The topological polar surface area (TPSA) is 38.5 Å². The van der Waals surface area contributed by atoms with E-state index in [1.54, 1.807) is 0 Å². The molecule has 0 aromatic rings. The molecule has 120 valence electrons. The van der Waals surface area contributed by atoms with Crippen molar-refractivity contribution in [3.8, 4) is 0 Å². The average molecular weight is 284 g/mol. The third-order valence-electron chi connectivity index (χ3n) is 5.04. The van der Waals surface area contributed by atoms with E-state index in [1.165, 1.54) is 32.1 Å². The second-order valence-corrected chi connectivity index (χ2v) is 6.90. The standard InChI is InChI=1S/C17H36N2O/c1-6-15(7-2)19(12-14(3)4)17(13-18)10-8-9-16(11-17)20-5/h14-16H,6-13,18H2,1-5H3. The minimum absolute atomic E-state index is 0.153. The third kappa shape index (κ3) is 4.19. The Labute approximate surface area is 126 Å². The SMILES string of the molecule is CCC(CC)N(CC(C)C)C1(CN)CCCC(OC)C1. The molecule has 0 amide bonds. The molecule has 0 aromatic carbocycles. The fourth-order valence-electron chi connectivity index (χ4n) is 3.90. The van der Waals surface area contributed by atoms with E-state index in [0.29, 0.717) is 18.1 Å². The van der Waals surface area contributed by atoms with E-state index in [1.807, 2.05) is 7.11 Å². The maximum absolute atomic E-state index is 6.28. The maximum Gasteiger partial charge on any atom is 0.0589 e. The van der Waals surface area contributed by atoms with Crippen molar-refractivity contribution in [3.63, 3.8) is 0 Å². The van der Waals surface area contributed by atoms with Gasteiger partial charge in [-0.1, -0.05) is 27.7 Å². The summed E-state index contributed by atoms with van der Waals surface area (Å²) >= 11 is 0. The third-order valence-corrected chi connectivity index (χ3v) is 5.04. The largest absolute Gasteiger partial charge is 0.381 e. The number of rotatable bonds is 8. The van der Waals surface area contributed by atoms with E-state index in [4.69, 9.17) is 10.5 Å². The van der Waals surface area contributed by atoms with Crippen molar-refractivity contribution in [1.29, 1.82) is 0 Å². The highest BCUT2D eigenvalue weighted by atomic mass is 16.5. The molecule has 0 aromatic heterocycles. The zero-order chi connectivity index (χ0) is 15.2. The monoisotopic (exact) mass is 284 g/mol. The van der Waals surface area contributed by atoms with Crippen LogP contribution in [0.4, 0.5) is 0 Å². The van der Waals surface area contributed by atoms with E-state index in [-0.39, 0.29) is 5.54 Å². The van der Waals surface area contributed by atoms with Crippen molar-refractivity contribution in [3.05, 3.63) is 0 Å². The fraction of sp³-hybridized carbons (Fsp3) is 1.00. The molecule has 0 bridgehead atoms. The Morgan fingerprint density at radius 1 is 1.30 bits per heavy atom. The van der Waals surface area contributed by atoms with E-state index >= 15 is 0 Å². The molecular weight excluding hydrogens is 248 g/mol. The Kier molecular flexibility index (Phi) is 7.49. The summed E-state index contributed by atoms with van der Waals surface area (Å²) in [6, 6.07) is 0.650. The molecule has 1 aliphatic carbocycles. The lowest BCUT2D eigenvalue weighted by atomic mass is 9.77. The zero-order valence-electron chi connectivity index (χ0n) is 14.3. The van der Waals surface area contributed by atoms with Crippen LogP contribution >= 0.6 is 0 Å². The van der Waals surface area contributed by atoms with Gasteiger partial charge in [0.1, 0.15) is 0 Å². The Morgan fingerprint density at radius 3 is 2.40 bits per heavy atom. The number of nitrogens with two attached hydrogens (primary N) is 1. The quantitative estimate of drug-likeness (QED) is 0.742. The van der Waals surface area contributed by atoms with Crippen molar-refractivity contribution in [2.75, 3.05) is 20.2 Å². The molecule has 0 heterocycles. The van der Waals surface area contributed by atoms with Crippen LogP contribution in [0.1, 0.15) is 66.2 Å². The summed E-state index contributed by atoms with van der Waals surface area (Å²) in [7, 11) is 1.85. The zero-order valence-corrected chi connectivity index (χ0v) is 14.3. The lowest BCUT2D eigenvalue weighted by molar-refractivity contribution is -0.0469. The van der Waals surface area contributed by atoms with Crippen molar-refractivity contribution < 1.29 is 4.74 Å². The van der Waals surface area contributed by atoms with Gasteiger partial charge in [0.15, 0.2) is 0 Å². The molecule has 1 fully saturated rings. The maximum atomic E-state index is 6.28. The summed E-state index contributed by atoms with van der Waals surface area (Å²) in [5, 5.41) is 0. The summed E-state index contributed by atoms with van der Waals surface area (Å²) in [4.78, 5) is 2.74. The first-order valence-electron chi connectivity index (χ1n) is 8.52. The summed E-state index contributed by atoms with van der Waals surface area (Å²) < 4.78 is 5.67. The van der Waals surface area contributed by atoms with Gasteiger partial charge in [0, 0.05) is 31.8 Å². The molecular formula is C17H36N2O. The van der Waals surface area contributed by atoms with Crippen molar-refractivity contribution in [1.82, 2.24) is 4.90 Å². The van der Waals surface area contributed by atoms with Crippen LogP contribution in [-0.4, -0.2) is 42.8 Å². The molecule has 2 unspecified atom stereocenters. The van der Waals surface area contributed by atoms with Gasteiger partial charge in [-0.15, -0.1) is 0 Å². The molecule has 1 rings (SSSR count). The molecule has 3 nitrogen and oxygen atoms in total. The smallest absolute Gasteiger partial charge is 0.0589 e. The molecule has 3 heteroatoms. The summed E-state index contributed by atoms with van der Waals surface area (Å²) in [5.74, 6) is 0.682. The molecule has 0 aliphatic heterocycles. The molecule has 20 heavy (non-hydrogen) atoms. The highest BCUT2D eigenvalue weighted by molar-refractivity contribution is 4.99. The van der Waals surface area contributed by atoms with Gasteiger partial charge in [-0.3, -0.25) is 4.90 Å². The van der Waals surface area contributed by atoms with Gasteiger partial charge in [0.05, 0.1) is 6.10 Å². The summed E-state index contributed by atoms with van der Waals surface area (Å²) in [6.07, 6.45) is 7.57. The van der Waals surface area contributed by atoms with Gasteiger partial charge in [0.25, 0.3) is 0 Å². The number of hydrogen-bond acceptors (Lipinski definition) is 3. The van der Waals surface area contributed by atoms with Crippen LogP contribution < -0.4 is 5.73 Å². The number of nitrogens with zero attached hydrogens (tertiary/aromatic N) is 1. The second kappa shape index (κ2) is 8.35. The highest BCUT2D eigenvalue weighted by Gasteiger charge is 2.42. The van der Waals surface area contributed by atoms with Crippen molar-refractivity contribution in [2.24, 2.45) is 11.7 Å². The van der Waals surface area contributed by atoms with Crippen LogP contribution in [0.3, 0.4) is 0 Å². The highest BCUT2D eigenvalue weighted by Crippen LogP contribution is 2.37. The van der Waals surface area contributed by atoms with Gasteiger partial charge in [-0.2, -0.15) is 0 Å². The number of ether oxygens (including phenoxy) is 1. The van der Waals surface area contributed by atoms with Crippen LogP contribution in [0.15, 0.2) is 0 Å². The van der Waals surface area contributed by atoms with Crippen LogP contribution in [-0.2, 0) is 4.74 Å². The van der Waals surface area contributed by atoms with E-state index in [0.717, 1.165) is 19.5 Å². The Bertz CT molecular complexity index is 266. The molecule has 2 atom stereocenters. The van der Waals surface area contributed by atoms with Gasteiger partial charge >= 0.3 is 0 Å². The first kappa shape index (κ1) is 17.9. The Balaban J connectivity index is 2.98. The molecule has 0 spiro atoms. The number of hydrogen-bond donors (Lipinski definition) is 1. The molecule has 2 N–H and O–H groups in total. The van der Waals surface area contributed by atoms with Gasteiger partial charge < -0.3 is 10.5 Å². The van der Waals surface area contributed by atoms with Crippen molar-refractivity contribution >= 4 is 0 Å². The van der Waals surface area contributed by atoms with Gasteiger partial charge in [-0.05, 0) is 44.4 Å². The minimum atomic E-state index is 0.153. The summed E-state index contributed by atoms with van der Waals surface area (Å²) in [6.45, 7) is 11.2.